The third kappa shape index (κ3) is 3.59. The van der Waals surface area contributed by atoms with Gasteiger partial charge in [-0.05, 0) is 24.6 Å². The first kappa shape index (κ1) is 14.6. The van der Waals surface area contributed by atoms with Crippen LogP contribution in [0.25, 0.3) is 0 Å². The number of benzene rings is 1. The quantitative estimate of drug-likeness (QED) is 0.893. The van der Waals surface area contributed by atoms with E-state index >= 15 is 0 Å². The zero-order valence-corrected chi connectivity index (χ0v) is 11.5. The molecule has 1 N–H and O–H groups in total. The number of imidazole rings is 1. The first-order chi connectivity index (χ1) is 10.1. The van der Waals surface area contributed by atoms with Crippen molar-refractivity contribution in [2.24, 2.45) is 0 Å². The summed E-state index contributed by atoms with van der Waals surface area (Å²) < 4.78 is 6.94. The van der Waals surface area contributed by atoms with Gasteiger partial charge in [0.05, 0.1) is 12.9 Å². The second kappa shape index (κ2) is 6.56. The molecule has 0 radical (unpaired) electrons. The van der Waals surface area contributed by atoms with Crippen LogP contribution in [0.2, 0.25) is 0 Å². The molecule has 1 aromatic carbocycles. The maximum atomic E-state index is 9.97. The molecule has 6 nitrogen and oxygen atoms in total. The third-order valence-electron chi connectivity index (χ3n) is 2.89. The number of aryl methyl sites for hydroxylation is 1. The summed E-state index contributed by atoms with van der Waals surface area (Å²) in [6, 6.07) is 11.3. The Labute approximate surface area is 122 Å². The van der Waals surface area contributed by atoms with Crippen LogP contribution >= 0.6 is 0 Å². The Balaban J connectivity index is 1.97. The van der Waals surface area contributed by atoms with Crippen LogP contribution in [0.15, 0.2) is 30.6 Å². The minimum atomic E-state index is -0.807. The van der Waals surface area contributed by atoms with E-state index in [2.05, 4.69) is 4.98 Å². The fourth-order valence-corrected chi connectivity index (χ4v) is 1.90. The molecule has 1 unspecified atom stereocenters. The largest absolute Gasteiger partial charge is 0.491 e. The molecular formula is C15H14N4O2. The molecule has 0 fully saturated rings. The number of rotatable bonds is 5. The van der Waals surface area contributed by atoms with Gasteiger partial charge in [0.2, 0.25) is 0 Å². The van der Waals surface area contributed by atoms with E-state index in [1.165, 1.54) is 10.9 Å². The predicted octanol–water partition coefficient (Wildman–Crippen LogP) is 1.37. The first-order valence-electron chi connectivity index (χ1n) is 6.37. The van der Waals surface area contributed by atoms with Crippen molar-refractivity contribution >= 4 is 0 Å². The van der Waals surface area contributed by atoms with Crippen molar-refractivity contribution in [3.8, 4) is 17.9 Å². The second-order valence-corrected chi connectivity index (χ2v) is 4.60. The summed E-state index contributed by atoms with van der Waals surface area (Å²) in [6.45, 7) is 2.19. The number of aliphatic hydroxyl groups is 1. The van der Waals surface area contributed by atoms with E-state index in [4.69, 9.17) is 15.3 Å². The average molecular weight is 282 g/mol. The van der Waals surface area contributed by atoms with Crippen molar-refractivity contribution in [3.63, 3.8) is 0 Å². The van der Waals surface area contributed by atoms with Gasteiger partial charge in [0.15, 0.2) is 11.4 Å². The fraction of sp³-hybridized carbons (Fsp3) is 0.267. The molecule has 2 rings (SSSR count). The highest BCUT2D eigenvalue weighted by atomic mass is 16.5. The predicted molar refractivity (Wildman–Crippen MR) is 74.3 cm³/mol. The molecule has 1 heterocycles. The van der Waals surface area contributed by atoms with E-state index in [1.807, 2.05) is 43.3 Å². The molecule has 0 aliphatic heterocycles. The van der Waals surface area contributed by atoms with Gasteiger partial charge < -0.3 is 14.4 Å². The molecule has 106 valence electrons. The van der Waals surface area contributed by atoms with Crippen molar-refractivity contribution in [2.75, 3.05) is 6.61 Å². The highest BCUT2D eigenvalue weighted by Gasteiger charge is 2.14. The monoisotopic (exact) mass is 282 g/mol. The molecule has 21 heavy (non-hydrogen) atoms. The minimum absolute atomic E-state index is 0.0595. The lowest BCUT2D eigenvalue weighted by Gasteiger charge is -2.13. The third-order valence-corrected chi connectivity index (χ3v) is 2.89. The van der Waals surface area contributed by atoms with Crippen LogP contribution in [0.4, 0.5) is 0 Å². The maximum absolute atomic E-state index is 9.97. The lowest BCUT2D eigenvalue weighted by molar-refractivity contribution is 0.0922. The van der Waals surface area contributed by atoms with Gasteiger partial charge in [-0.2, -0.15) is 10.5 Å². The summed E-state index contributed by atoms with van der Waals surface area (Å²) >= 11 is 0. The highest BCUT2D eigenvalue weighted by Crippen LogP contribution is 2.13. The van der Waals surface area contributed by atoms with Crippen LogP contribution in [0.1, 0.15) is 17.0 Å². The van der Waals surface area contributed by atoms with E-state index < -0.39 is 6.10 Å². The summed E-state index contributed by atoms with van der Waals surface area (Å²) in [4.78, 5) is 3.82. The van der Waals surface area contributed by atoms with Crippen LogP contribution in [0, 0.1) is 29.6 Å². The van der Waals surface area contributed by atoms with E-state index in [-0.39, 0.29) is 24.5 Å². The van der Waals surface area contributed by atoms with Gasteiger partial charge in [0.25, 0.3) is 0 Å². The highest BCUT2D eigenvalue weighted by molar-refractivity contribution is 5.36. The van der Waals surface area contributed by atoms with Crippen molar-refractivity contribution in [2.45, 2.75) is 19.6 Å². The fourth-order valence-electron chi connectivity index (χ4n) is 1.90. The Morgan fingerprint density at radius 3 is 2.86 bits per heavy atom. The van der Waals surface area contributed by atoms with Crippen LogP contribution in [-0.4, -0.2) is 27.4 Å². The summed E-state index contributed by atoms with van der Waals surface area (Å²) in [7, 11) is 0. The van der Waals surface area contributed by atoms with E-state index in [0.29, 0.717) is 5.75 Å². The lowest BCUT2D eigenvalue weighted by Crippen LogP contribution is -2.24. The van der Waals surface area contributed by atoms with Gasteiger partial charge in [-0.25, -0.2) is 4.98 Å². The number of nitrogens with zero attached hydrogens (tertiary/aromatic N) is 4. The number of hydrogen-bond donors (Lipinski definition) is 1. The topological polar surface area (TPSA) is 94.9 Å². The standard InChI is InChI=1S/C15H14N4O2/c1-11-3-2-4-13(5-11)21-9-12(20)8-19-10-18-14(6-16)15(19)7-17/h2-5,10,12,20H,8-9H2,1H3. The number of aliphatic hydroxyl groups excluding tert-OH is 1. The van der Waals surface area contributed by atoms with Crippen molar-refractivity contribution in [3.05, 3.63) is 47.5 Å². The van der Waals surface area contributed by atoms with Gasteiger partial charge in [0, 0.05) is 0 Å². The molecule has 1 atom stereocenters. The number of hydrogen-bond acceptors (Lipinski definition) is 5. The van der Waals surface area contributed by atoms with E-state index in [9.17, 15) is 5.11 Å². The average Bonchev–Trinajstić information content (AvgIpc) is 2.87. The molecule has 0 aliphatic rings. The van der Waals surface area contributed by atoms with Gasteiger partial charge in [-0.3, -0.25) is 0 Å². The molecule has 0 spiro atoms. The number of aromatic nitrogens is 2. The number of ether oxygens (including phenoxy) is 1. The number of nitriles is 2. The summed E-state index contributed by atoms with van der Waals surface area (Å²) in [5, 5.41) is 27.8. The van der Waals surface area contributed by atoms with Crippen LogP contribution in [-0.2, 0) is 6.54 Å². The normalized spacial score (nSPS) is 11.4. The van der Waals surface area contributed by atoms with Gasteiger partial charge >= 0.3 is 0 Å². The molecule has 0 aliphatic carbocycles. The smallest absolute Gasteiger partial charge is 0.176 e. The Kier molecular flexibility index (Phi) is 4.55. The summed E-state index contributed by atoms with van der Waals surface area (Å²) in [5.41, 5.74) is 1.28. The lowest BCUT2D eigenvalue weighted by atomic mass is 10.2. The van der Waals surface area contributed by atoms with Crippen molar-refractivity contribution < 1.29 is 9.84 Å². The zero-order valence-electron chi connectivity index (χ0n) is 11.5. The molecule has 0 saturated carbocycles. The van der Waals surface area contributed by atoms with E-state index in [1.54, 1.807) is 0 Å². The Hall–Kier alpha value is -2.83. The second-order valence-electron chi connectivity index (χ2n) is 4.60. The van der Waals surface area contributed by atoms with Gasteiger partial charge in [-0.15, -0.1) is 0 Å². The Morgan fingerprint density at radius 1 is 1.38 bits per heavy atom. The zero-order chi connectivity index (χ0) is 15.2. The van der Waals surface area contributed by atoms with Crippen LogP contribution in [0.5, 0.6) is 5.75 Å². The molecule has 1 aromatic heterocycles. The van der Waals surface area contributed by atoms with Gasteiger partial charge in [-0.1, -0.05) is 12.1 Å². The summed E-state index contributed by atoms with van der Waals surface area (Å²) in [6.07, 6.45) is 0.561. The molecule has 0 saturated heterocycles. The Morgan fingerprint density at radius 2 is 2.19 bits per heavy atom. The van der Waals surface area contributed by atoms with Crippen molar-refractivity contribution in [1.82, 2.24) is 9.55 Å². The molecule has 2 aromatic rings. The first-order valence-corrected chi connectivity index (χ1v) is 6.37. The minimum Gasteiger partial charge on any atom is -0.491 e. The van der Waals surface area contributed by atoms with Crippen LogP contribution in [0.3, 0.4) is 0 Å². The van der Waals surface area contributed by atoms with Gasteiger partial charge in [0.1, 0.15) is 30.6 Å². The summed E-state index contributed by atoms with van der Waals surface area (Å²) in [5.74, 6) is 0.679. The SMILES string of the molecule is Cc1cccc(OCC(O)Cn2cnc(C#N)c2C#N)c1. The van der Waals surface area contributed by atoms with Crippen LogP contribution < -0.4 is 4.74 Å². The molecular weight excluding hydrogens is 268 g/mol. The maximum Gasteiger partial charge on any atom is 0.176 e. The Bertz CT molecular complexity index is 709. The molecule has 0 amide bonds. The molecule has 0 bridgehead atoms. The molecule has 6 heteroatoms. The van der Waals surface area contributed by atoms with Crippen molar-refractivity contribution in [1.29, 1.82) is 10.5 Å². The van der Waals surface area contributed by atoms with E-state index in [0.717, 1.165) is 5.56 Å².